The Bertz CT molecular complexity index is 553. The monoisotopic (exact) mass is 290 g/mol. The smallest absolute Gasteiger partial charge is 0.377 e. The lowest BCUT2D eigenvalue weighted by Crippen LogP contribution is -2.33. The van der Waals surface area contributed by atoms with Crippen molar-refractivity contribution in [1.29, 1.82) is 5.26 Å². The number of nitriles is 1. The second-order valence-electron chi connectivity index (χ2n) is 6.72. The van der Waals surface area contributed by atoms with Gasteiger partial charge in [-0.1, -0.05) is 20.8 Å². The molecular weight excluding hydrogens is 268 g/mol. The van der Waals surface area contributed by atoms with Crippen LogP contribution in [0.25, 0.3) is 0 Å². The Morgan fingerprint density at radius 3 is 2.76 bits per heavy atom. The van der Waals surface area contributed by atoms with Gasteiger partial charge in [0.25, 0.3) is 5.82 Å². The Kier molecular flexibility index (Phi) is 4.31. The van der Waals surface area contributed by atoms with Crippen LogP contribution in [0.5, 0.6) is 0 Å². The van der Waals surface area contributed by atoms with Gasteiger partial charge in [0.2, 0.25) is 0 Å². The minimum Gasteiger partial charge on any atom is -0.463 e. The van der Waals surface area contributed by atoms with Crippen LogP contribution in [-0.2, 0) is 4.74 Å². The molecule has 1 aromatic rings. The summed E-state index contributed by atoms with van der Waals surface area (Å²) in [5.74, 6) is -0.0637. The van der Waals surface area contributed by atoms with E-state index >= 15 is 0 Å². The highest BCUT2D eigenvalue weighted by molar-refractivity contribution is 5.84. The van der Waals surface area contributed by atoms with E-state index in [-0.39, 0.29) is 23.2 Å². The van der Waals surface area contributed by atoms with Crippen molar-refractivity contribution in [1.82, 2.24) is 14.8 Å². The molecule has 1 fully saturated rings. The van der Waals surface area contributed by atoms with E-state index in [1.807, 2.05) is 0 Å². The number of nitrogens with zero attached hydrogens (tertiary/aromatic N) is 4. The maximum atomic E-state index is 11.5. The van der Waals surface area contributed by atoms with Crippen molar-refractivity contribution in [2.75, 3.05) is 7.11 Å². The lowest BCUT2D eigenvalue weighted by atomic mass is 9.68. The molecule has 1 aromatic heterocycles. The van der Waals surface area contributed by atoms with Crippen LogP contribution in [0.15, 0.2) is 6.33 Å². The maximum absolute atomic E-state index is 11.5. The number of carbonyl (C=O) groups excluding carboxylic acids is 1. The molecule has 114 valence electrons. The molecule has 21 heavy (non-hydrogen) atoms. The molecule has 0 saturated heterocycles. The van der Waals surface area contributed by atoms with E-state index in [9.17, 15) is 10.1 Å². The third-order valence-electron chi connectivity index (χ3n) is 4.42. The number of aromatic nitrogens is 3. The van der Waals surface area contributed by atoms with E-state index in [4.69, 9.17) is 0 Å². The van der Waals surface area contributed by atoms with Gasteiger partial charge >= 0.3 is 5.97 Å². The van der Waals surface area contributed by atoms with E-state index in [1.54, 1.807) is 4.68 Å². The fourth-order valence-corrected chi connectivity index (χ4v) is 3.00. The van der Waals surface area contributed by atoms with E-state index in [0.717, 1.165) is 19.3 Å². The molecule has 1 aliphatic carbocycles. The van der Waals surface area contributed by atoms with Crippen LogP contribution in [0.2, 0.25) is 0 Å². The molecular formula is C15H22N4O2. The molecule has 0 bridgehead atoms. The molecule has 0 radical (unpaired) electrons. The zero-order chi connectivity index (χ0) is 15.6. The van der Waals surface area contributed by atoms with Gasteiger partial charge in [0.1, 0.15) is 6.33 Å². The first kappa shape index (κ1) is 15.5. The molecule has 3 atom stereocenters. The number of hydrogen-bond acceptors (Lipinski definition) is 5. The Morgan fingerprint density at radius 2 is 2.19 bits per heavy atom. The zero-order valence-corrected chi connectivity index (χ0v) is 13.0. The van der Waals surface area contributed by atoms with Crippen molar-refractivity contribution in [3.8, 4) is 6.07 Å². The van der Waals surface area contributed by atoms with Crippen molar-refractivity contribution < 1.29 is 9.53 Å². The van der Waals surface area contributed by atoms with Crippen LogP contribution in [0.3, 0.4) is 0 Å². The predicted octanol–water partition coefficient (Wildman–Crippen LogP) is 2.59. The second-order valence-corrected chi connectivity index (χ2v) is 6.72. The summed E-state index contributed by atoms with van der Waals surface area (Å²) in [5, 5.41) is 13.6. The molecule has 1 heterocycles. The quantitative estimate of drug-likeness (QED) is 0.782. The number of esters is 1. The molecule has 0 N–H and O–H groups in total. The SMILES string of the molecule is COC(=O)c1ncn(C2CC(C(C)(C)C)CCC2C#N)n1. The summed E-state index contributed by atoms with van der Waals surface area (Å²) in [6.07, 6.45) is 4.32. The van der Waals surface area contributed by atoms with Gasteiger partial charge in [-0.2, -0.15) is 5.26 Å². The van der Waals surface area contributed by atoms with Gasteiger partial charge in [-0.25, -0.2) is 14.5 Å². The number of rotatable bonds is 2. The first-order valence-electron chi connectivity index (χ1n) is 7.26. The molecule has 3 unspecified atom stereocenters. The molecule has 6 heteroatoms. The van der Waals surface area contributed by atoms with Crippen molar-refractivity contribution in [3.05, 3.63) is 12.2 Å². The van der Waals surface area contributed by atoms with Crippen molar-refractivity contribution >= 4 is 5.97 Å². The normalized spacial score (nSPS) is 26.1. The minimum atomic E-state index is -0.551. The number of hydrogen-bond donors (Lipinski definition) is 0. The van der Waals surface area contributed by atoms with Crippen LogP contribution in [0.4, 0.5) is 0 Å². The molecule has 2 rings (SSSR count). The maximum Gasteiger partial charge on any atom is 0.377 e. The highest BCUT2D eigenvalue weighted by atomic mass is 16.5. The van der Waals surface area contributed by atoms with Crippen LogP contribution >= 0.6 is 0 Å². The molecule has 0 aromatic carbocycles. The van der Waals surface area contributed by atoms with Gasteiger partial charge in [-0.15, -0.1) is 5.10 Å². The Balaban J connectivity index is 2.23. The van der Waals surface area contributed by atoms with E-state index < -0.39 is 5.97 Å². The van der Waals surface area contributed by atoms with Crippen molar-refractivity contribution in [3.63, 3.8) is 0 Å². The van der Waals surface area contributed by atoms with Crippen LogP contribution < -0.4 is 0 Å². The van der Waals surface area contributed by atoms with E-state index in [1.165, 1.54) is 13.4 Å². The summed E-state index contributed by atoms with van der Waals surface area (Å²) < 4.78 is 6.29. The summed E-state index contributed by atoms with van der Waals surface area (Å²) >= 11 is 0. The van der Waals surface area contributed by atoms with Crippen LogP contribution in [0.1, 0.15) is 56.7 Å². The van der Waals surface area contributed by atoms with Gasteiger partial charge in [0.05, 0.1) is 25.1 Å². The summed E-state index contributed by atoms with van der Waals surface area (Å²) in [6.45, 7) is 6.67. The molecule has 6 nitrogen and oxygen atoms in total. The summed E-state index contributed by atoms with van der Waals surface area (Å²) in [7, 11) is 1.30. The average Bonchev–Trinajstić information content (AvgIpc) is 2.94. The fourth-order valence-electron chi connectivity index (χ4n) is 3.00. The van der Waals surface area contributed by atoms with Crippen molar-refractivity contribution in [2.45, 2.75) is 46.1 Å². The summed E-state index contributed by atoms with van der Waals surface area (Å²) in [6, 6.07) is 2.34. The lowest BCUT2D eigenvalue weighted by Gasteiger charge is -2.39. The third-order valence-corrected chi connectivity index (χ3v) is 4.42. The van der Waals surface area contributed by atoms with E-state index in [0.29, 0.717) is 5.92 Å². The molecule has 0 aliphatic heterocycles. The predicted molar refractivity (Wildman–Crippen MR) is 76.3 cm³/mol. The standard InChI is InChI=1S/C15H22N4O2/c1-15(2,3)11-6-5-10(8-16)12(7-11)19-9-17-13(18-19)14(20)21-4/h9-12H,5-7H2,1-4H3. The van der Waals surface area contributed by atoms with Gasteiger partial charge in [0, 0.05) is 0 Å². The molecule has 0 amide bonds. The largest absolute Gasteiger partial charge is 0.463 e. The number of carbonyl (C=O) groups is 1. The Hall–Kier alpha value is -1.90. The number of methoxy groups -OCH3 is 1. The van der Waals surface area contributed by atoms with Gasteiger partial charge in [-0.05, 0) is 30.6 Å². The lowest BCUT2D eigenvalue weighted by molar-refractivity contribution is 0.0584. The highest BCUT2D eigenvalue weighted by Gasteiger charge is 2.37. The molecule has 0 spiro atoms. The molecule has 1 saturated carbocycles. The Morgan fingerprint density at radius 1 is 1.48 bits per heavy atom. The van der Waals surface area contributed by atoms with Crippen LogP contribution in [-0.4, -0.2) is 27.8 Å². The minimum absolute atomic E-state index is 0.0288. The fraction of sp³-hybridized carbons (Fsp3) is 0.733. The Labute approximate surface area is 125 Å². The van der Waals surface area contributed by atoms with Crippen LogP contribution in [0, 0.1) is 28.6 Å². The van der Waals surface area contributed by atoms with Gasteiger partial charge in [-0.3, -0.25) is 0 Å². The first-order chi connectivity index (χ1) is 9.86. The van der Waals surface area contributed by atoms with E-state index in [2.05, 4.69) is 41.7 Å². The van der Waals surface area contributed by atoms with Gasteiger partial charge in [0.15, 0.2) is 0 Å². The summed E-state index contributed by atoms with van der Waals surface area (Å²) in [5.41, 5.74) is 0.199. The average molecular weight is 290 g/mol. The first-order valence-corrected chi connectivity index (χ1v) is 7.26. The summed E-state index contributed by atoms with van der Waals surface area (Å²) in [4.78, 5) is 15.4. The van der Waals surface area contributed by atoms with Crippen molar-refractivity contribution in [2.24, 2.45) is 17.3 Å². The number of ether oxygens (including phenoxy) is 1. The molecule has 1 aliphatic rings. The second kappa shape index (κ2) is 5.84. The third kappa shape index (κ3) is 3.23. The highest BCUT2D eigenvalue weighted by Crippen LogP contribution is 2.44. The topological polar surface area (TPSA) is 80.8 Å². The zero-order valence-electron chi connectivity index (χ0n) is 13.0. The van der Waals surface area contributed by atoms with Gasteiger partial charge < -0.3 is 4.74 Å².